The molecule has 1 aliphatic rings. The third kappa shape index (κ3) is 4.10. The number of aryl methyl sites for hydroxylation is 3. The zero-order valence-electron chi connectivity index (χ0n) is 16.9. The van der Waals surface area contributed by atoms with Gasteiger partial charge in [0.15, 0.2) is 0 Å². The van der Waals surface area contributed by atoms with E-state index in [4.69, 9.17) is 14.9 Å². The summed E-state index contributed by atoms with van der Waals surface area (Å²) in [7, 11) is -2.66. The minimum atomic E-state index is -4.36. The van der Waals surface area contributed by atoms with E-state index in [1.165, 1.54) is 15.2 Å². The average Bonchev–Trinajstić information content (AvgIpc) is 3.28. The molecule has 1 saturated heterocycles. The van der Waals surface area contributed by atoms with Crippen LogP contribution < -0.4 is 14.3 Å². The summed E-state index contributed by atoms with van der Waals surface area (Å²) in [6.45, 7) is 4.57. The van der Waals surface area contributed by atoms with Crippen molar-refractivity contribution in [3.05, 3.63) is 30.0 Å². The number of aromatic nitrogens is 2. The molecule has 29 heavy (non-hydrogen) atoms. The Kier molecular flexibility index (Phi) is 6.18. The van der Waals surface area contributed by atoms with Crippen LogP contribution in [0, 0.1) is 0 Å². The Balaban J connectivity index is 2.13. The third-order valence-corrected chi connectivity index (χ3v) is 6.72. The summed E-state index contributed by atoms with van der Waals surface area (Å²) in [5.41, 5.74) is 6.09. The van der Waals surface area contributed by atoms with Gasteiger partial charge < -0.3 is 14.9 Å². The Morgan fingerprint density at radius 1 is 1.31 bits per heavy atom. The molecule has 0 atom stereocenters. The lowest BCUT2D eigenvalue weighted by atomic mass is 10.1. The number of hydrogen-bond acceptors (Lipinski definition) is 6. The van der Waals surface area contributed by atoms with Crippen LogP contribution in [0.5, 0.6) is 0 Å². The number of nitrogens with zero attached hydrogens (tertiary/aromatic N) is 4. The number of primary amides is 1. The topological polar surface area (TPSA) is 124 Å². The normalized spacial score (nSPS) is 15.4. The zero-order chi connectivity index (χ0) is 21.2. The molecule has 2 aromatic heterocycles. The van der Waals surface area contributed by atoms with Gasteiger partial charge in [-0.25, -0.2) is 9.10 Å². The number of carbonyl (C=O) groups is 1. The van der Waals surface area contributed by atoms with Gasteiger partial charge in [0.25, 0.3) is 0 Å². The second-order valence-corrected chi connectivity index (χ2v) is 8.50. The molecule has 0 unspecified atom stereocenters. The van der Waals surface area contributed by atoms with E-state index in [1.807, 2.05) is 13.8 Å². The van der Waals surface area contributed by atoms with Crippen LogP contribution >= 0.6 is 0 Å². The molecular formula is C18H27N5O5S. The van der Waals surface area contributed by atoms with Crippen molar-refractivity contribution in [2.24, 2.45) is 12.8 Å². The van der Waals surface area contributed by atoms with Gasteiger partial charge in [-0.3, -0.25) is 4.68 Å². The van der Waals surface area contributed by atoms with Crippen molar-refractivity contribution >= 4 is 27.6 Å². The fourth-order valence-corrected chi connectivity index (χ4v) is 5.25. The molecule has 0 aromatic carbocycles. The van der Waals surface area contributed by atoms with E-state index in [-0.39, 0.29) is 11.7 Å². The van der Waals surface area contributed by atoms with E-state index < -0.39 is 16.2 Å². The molecule has 2 amide bonds. The van der Waals surface area contributed by atoms with Crippen LogP contribution in [0.3, 0.4) is 0 Å². The van der Waals surface area contributed by atoms with Gasteiger partial charge in [-0.05, 0) is 12.8 Å². The Bertz CT molecular complexity index is 961. The highest BCUT2D eigenvalue weighted by atomic mass is 32.2. The number of hydrogen-bond donors (Lipinski definition) is 1. The summed E-state index contributed by atoms with van der Waals surface area (Å²) in [5, 5.41) is 4.10. The third-order valence-electron chi connectivity index (χ3n) is 4.87. The van der Waals surface area contributed by atoms with E-state index >= 15 is 0 Å². The maximum atomic E-state index is 13.8. The van der Waals surface area contributed by atoms with E-state index in [0.29, 0.717) is 60.4 Å². The quantitative estimate of drug-likeness (QED) is 0.723. The van der Waals surface area contributed by atoms with Gasteiger partial charge in [-0.2, -0.15) is 17.8 Å². The zero-order valence-corrected chi connectivity index (χ0v) is 17.7. The van der Waals surface area contributed by atoms with Crippen LogP contribution in [0.25, 0.3) is 0 Å². The van der Waals surface area contributed by atoms with Crippen LogP contribution in [0.1, 0.15) is 38.2 Å². The van der Waals surface area contributed by atoms with Crippen molar-refractivity contribution in [2.75, 3.05) is 21.8 Å². The fourth-order valence-electron chi connectivity index (χ4n) is 3.49. The minimum Gasteiger partial charge on any atom is -0.464 e. The molecule has 1 aliphatic heterocycles. The fraction of sp³-hybridized carbons (Fsp3) is 0.556. The van der Waals surface area contributed by atoms with Crippen molar-refractivity contribution in [1.29, 1.82) is 0 Å². The molecule has 0 saturated carbocycles. The summed E-state index contributed by atoms with van der Waals surface area (Å²) >= 11 is 0. The van der Waals surface area contributed by atoms with E-state index in [1.54, 1.807) is 19.3 Å². The summed E-state index contributed by atoms with van der Waals surface area (Å²) in [4.78, 5) is 12.4. The maximum absolute atomic E-state index is 13.8. The van der Waals surface area contributed by atoms with E-state index in [9.17, 15) is 13.2 Å². The number of nitrogens with two attached hydrogens (primary N) is 1. The Labute approximate surface area is 170 Å². The van der Waals surface area contributed by atoms with Crippen LogP contribution in [0.15, 0.2) is 22.9 Å². The first kappa shape index (κ1) is 21.2. The van der Waals surface area contributed by atoms with Gasteiger partial charge in [-0.1, -0.05) is 13.8 Å². The average molecular weight is 426 g/mol. The number of urea groups is 1. The number of anilines is 2. The molecule has 0 bridgehead atoms. The number of carbonyl (C=O) groups excluding carboxylic acids is 1. The largest absolute Gasteiger partial charge is 0.464 e. The smallest absolute Gasteiger partial charge is 0.334 e. The molecule has 1 fully saturated rings. The Morgan fingerprint density at radius 2 is 2.00 bits per heavy atom. The van der Waals surface area contributed by atoms with Crippen LogP contribution in [-0.2, 0) is 34.8 Å². The molecule has 10 nitrogen and oxygen atoms in total. The summed E-state index contributed by atoms with van der Waals surface area (Å²) < 4.78 is 42.0. The molecule has 3 rings (SSSR count). The van der Waals surface area contributed by atoms with Crippen molar-refractivity contribution in [3.63, 3.8) is 0 Å². The minimum absolute atomic E-state index is 0.151. The highest BCUT2D eigenvalue weighted by molar-refractivity contribution is 7.94. The first-order chi connectivity index (χ1) is 13.8. The van der Waals surface area contributed by atoms with E-state index in [2.05, 4.69) is 5.10 Å². The predicted molar refractivity (Wildman–Crippen MR) is 108 cm³/mol. The molecular weight excluding hydrogens is 398 g/mol. The molecule has 11 heteroatoms. The molecule has 160 valence electrons. The summed E-state index contributed by atoms with van der Waals surface area (Å²) in [6.07, 6.45) is 5.02. The van der Waals surface area contributed by atoms with Gasteiger partial charge in [0.2, 0.25) is 0 Å². The molecule has 2 aromatic rings. The molecule has 2 N–H and O–H groups in total. The monoisotopic (exact) mass is 425 g/mol. The van der Waals surface area contributed by atoms with Gasteiger partial charge >= 0.3 is 16.2 Å². The number of amides is 2. The SMILES string of the molecule is CCc1cc(N(C(N)=O)S(=O)(=O)N(c2cnn(C)c2)C2CCOCC2)c(CC)o1. The highest BCUT2D eigenvalue weighted by Crippen LogP contribution is 2.33. The summed E-state index contributed by atoms with van der Waals surface area (Å²) in [6, 6.07) is 0.0820. The standard InChI is InChI=1S/C18H27N5O5S/c1-4-15-10-16(17(5-2)28-15)23(18(19)24)29(25,26)22(13-6-8-27-9-7-13)14-11-20-21(3)12-14/h10-13H,4-9H2,1-3H3,(H2,19,24). The van der Waals surface area contributed by atoms with Gasteiger partial charge in [-0.15, -0.1) is 0 Å². The van der Waals surface area contributed by atoms with Gasteiger partial charge in [0.05, 0.1) is 17.9 Å². The highest BCUT2D eigenvalue weighted by Gasteiger charge is 2.41. The Morgan fingerprint density at radius 3 is 2.52 bits per heavy atom. The van der Waals surface area contributed by atoms with Crippen LogP contribution in [-0.4, -0.2) is 43.5 Å². The first-order valence-electron chi connectivity index (χ1n) is 9.61. The second-order valence-electron chi connectivity index (χ2n) is 6.85. The Hall–Kier alpha value is -2.53. The van der Waals surface area contributed by atoms with Gasteiger partial charge in [0, 0.05) is 45.4 Å². The maximum Gasteiger partial charge on any atom is 0.334 e. The first-order valence-corrected chi connectivity index (χ1v) is 11.0. The van der Waals surface area contributed by atoms with Crippen molar-refractivity contribution < 1.29 is 22.4 Å². The predicted octanol–water partition coefficient (Wildman–Crippen LogP) is 1.95. The van der Waals surface area contributed by atoms with Crippen molar-refractivity contribution in [2.45, 2.75) is 45.6 Å². The van der Waals surface area contributed by atoms with Crippen molar-refractivity contribution in [1.82, 2.24) is 9.78 Å². The lowest BCUT2D eigenvalue weighted by molar-refractivity contribution is 0.0875. The van der Waals surface area contributed by atoms with Crippen LogP contribution in [0.2, 0.25) is 0 Å². The molecule has 0 aliphatic carbocycles. The van der Waals surface area contributed by atoms with E-state index in [0.717, 1.165) is 0 Å². The molecule has 3 heterocycles. The number of furan rings is 1. The molecule has 0 radical (unpaired) electrons. The summed E-state index contributed by atoms with van der Waals surface area (Å²) in [5.74, 6) is 0.972. The van der Waals surface area contributed by atoms with Gasteiger partial charge in [0.1, 0.15) is 17.2 Å². The second kappa shape index (κ2) is 8.46. The molecule has 0 spiro atoms. The van der Waals surface area contributed by atoms with Crippen molar-refractivity contribution in [3.8, 4) is 0 Å². The number of rotatable bonds is 7. The lowest BCUT2D eigenvalue weighted by Gasteiger charge is -2.36. The van der Waals surface area contributed by atoms with Crippen LogP contribution in [0.4, 0.5) is 16.2 Å². The number of ether oxygens (including phenoxy) is 1. The lowest BCUT2D eigenvalue weighted by Crippen LogP contribution is -2.54.